The van der Waals surface area contributed by atoms with Gasteiger partial charge in [-0.05, 0) is 31.4 Å². The summed E-state index contributed by atoms with van der Waals surface area (Å²) in [4.78, 5) is 10.4. The molecule has 0 aliphatic heterocycles. The smallest absolute Gasteiger partial charge is 0.303 e. The van der Waals surface area contributed by atoms with Crippen LogP contribution < -0.4 is 0 Å². The molecular formula is C12H13NO3. The fourth-order valence-corrected chi connectivity index (χ4v) is 1.77. The van der Waals surface area contributed by atoms with Crippen LogP contribution in [0.1, 0.15) is 24.1 Å². The maximum Gasteiger partial charge on any atom is 0.303 e. The number of carbonyl (C=O) groups is 1. The topological polar surface area (TPSA) is 63.3 Å². The van der Waals surface area contributed by atoms with Gasteiger partial charge >= 0.3 is 5.97 Å². The Labute approximate surface area is 92.9 Å². The number of fused-ring (bicyclic) bond motifs is 1. The van der Waals surface area contributed by atoms with E-state index in [4.69, 9.17) is 9.63 Å². The van der Waals surface area contributed by atoms with Crippen LogP contribution in [0.15, 0.2) is 22.7 Å². The molecule has 0 spiro atoms. The highest BCUT2D eigenvalue weighted by molar-refractivity contribution is 5.82. The molecule has 4 heteroatoms. The third-order valence-electron chi connectivity index (χ3n) is 2.60. The monoisotopic (exact) mass is 219 g/mol. The zero-order chi connectivity index (χ0) is 11.5. The third-order valence-corrected chi connectivity index (χ3v) is 2.60. The largest absolute Gasteiger partial charge is 0.481 e. The minimum atomic E-state index is -0.763. The molecule has 0 saturated heterocycles. The number of hydrogen-bond acceptors (Lipinski definition) is 3. The Hall–Kier alpha value is -1.84. The Balaban J connectivity index is 2.20. The van der Waals surface area contributed by atoms with Crippen molar-refractivity contribution in [1.29, 1.82) is 0 Å². The van der Waals surface area contributed by atoms with Crippen LogP contribution in [0, 0.1) is 6.92 Å². The van der Waals surface area contributed by atoms with E-state index in [1.54, 1.807) is 0 Å². The summed E-state index contributed by atoms with van der Waals surface area (Å²) in [6.07, 6.45) is 1.51. The molecule has 0 atom stereocenters. The third kappa shape index (κ3) is 2.05. The molecule has 0 radical (unpaired) electrons. The highest BCUT2D eigenvalue weighted by atomic mass is 16.5. The lowest BCUT2D eigenvalue weighted by molar-refractivity contribution is -0.137. The van der Waals surface area contributed by atoms with Gasteiger partial charge in [-0.25, -0.2) is 0 Å². The van der Waals surface area contributed by atoms with Crippen LogP contribution in [0.5, 0.6) is 0 Å². The van der Waals surface area contributed by atoms with E-state index in [1.165, 1.54) is 0 Å². The first-order valence-corrected chi connectivity index (χ1v) is 5.24. The number of rotatable bonds is 4. The van der Waals surface area contributed by atoms with Crippen molar-refractivity contribution in [3.63, 3.8) is 0 Å². The minimum absolute atomic E-state index is 0.184. The van der Waals surface area contributed by atoms with Gasteiger partial charge in [-0.3, -0.25) is 4.79 Å². The molecule has 1 heterocycles. The number of benzene rings is 1. The van der Waals surface area contributed by atoms with Gasteiger partial charge in [0.05, 0.1) is 5.69 Å². The van der Waals surface area contributed by atoms with Gasteiger partial charge in [0.1, 0.15) is 0 Å². The number of aromatic nitrogens is 1. The Morgan fingerprint density at radius 3 is 3.06 bits per heavy atom. The lowest BCUT2D eigenvalue weighted by Crippen LogP contribution is -1.96. The Bertz CT molecular complexity index is 516. The second-order valence-corrected chi connectivity index (χ2v) is 3.81. The molecule has 0 aliphatic rings. The fourth-order valence-electron chi connectivity index (χ4n) is 1.77. The van der Waals surface area contributed by atoms with Gasteiger partial charge in [-0.1, -0.05) is 17.3 Å². The lowest BCUT2D eigenvalue weighted by atomic mass is 10.1. The lowest BCUT2D eigenvalue weighted by Gasteiger charge is -1.99. The maximum atomic E-state index is 10.4. The van der Waals surface area contributed by atoms with Crippen molar-refractivity contribution in [3.05, 3.63) is 29.5 Å². The highest BCUT2D eigenvalue weighted by Gasteiger charge is 2.08. The van der Waals surface area contributed by atoms with Crippen LogP contribution in [-0.2, 0) is 11.2 Å². The normalized spacial score (nSPS) is 10.8. The second kappa shape index (κ2) is 4.35. The number of carboxylic acids is 1. The number of hydrogen-bond donors (Lipinski definition) is 1. The minimum Gasteiger partial charge on any atom is -0.481 e. The molecule has 0 aliphatic carbocycles. The van der Waals surface area contributed by atoms with Crippen LogP contribution in [0.3, 0.4) is 0 Å². The van der Waals surface area contributed by atoms with Gasteiger partial charge in [0.15, 0.2) is 5.58 Å². The highest BCUT2D eigenvalue weighted by Crippen LogP contribution is 2.22. The first-order valence-electron chi connectivity index (χ1n) is 5.24. The van der Waals surface area contributed by atoms with Crippen LogP contribution in [0.25, 0.3) is 11.0 Å². The van der Waals surface area contributed by atoms with Crippen LogP contribution in [-0.4, -0.2) is 16.2 Å². The van der Waals surface area contributed by atoms with Crippen molar-refractivity contribution in [3.8, 4) is 0 Å². The number of aliphatic carboxylic acids is 1. The van der Waals surface area contributed by atoms with Gasteiger partial charge in [0.25, 0.3) is 0 Å². The van der Waals surface area contributed by atoms with E-state index in [1.807, 2.05) is 25.1 Å². The van der Waals surface area contributed by atoms with Gasteiger partial charge < -0.3 is 9.63 Å². The predicted octanol–water partition coefficient (Wildman–Crippen LogP) is 2.54. The van der Waals surface area contributed by atoms with E-state index in [0.29, 0.717) is 12.8 Å². The van der Waals surface area contributed by atoms with Crippen molar-refractivity contribution >= 4 is 16.9 Å². The average Bonchev–Trinajstić information content (AvgIpc) is 2.61. The first-order chi connectivity index (χ1) is 7.68. The van der Waals surface area contributed by atoms with Gasteiger partial charge in [-0.2, -0.15) is 0 Å². The molecule has 2 rings (SSSR count). The molecular weight excluding hydrogens is 206 g/mol. The molecule has 0 bridgehead atoms. The zero-order valence-corrected chi connectivity index (χ0v) is 9.06. The summed E-state index contributed by atoms with van der Waals surface area (Å²) in [5.74, 6) is -0.763. The van der Waals surface area contributed by atoms with Crippen molar-refractivity contribution in [2.75, 3.05) is 0 Å². The number of carboxylic acid groups (broad SMARTS) is 1. The van der Waals surface area contributed by atoms with Crippen molar-refractivity contribution in [2.24, 2.45) is 0 Å². The fraction of sp³-hybridized carbons (Fsp3) is 0.333. The molecule has 1 aromatic carbocycles. The summed E-state index contributed by atoms with van der Waals surface area (Å²) in [5, 5.41) is 13.5. The molecule has 0 fully saturated rings. The molecule has 4 nitrogen and oxygen atoms in total. The predicted molar refractivity (Wildman–Crippen MR) is 59.3 cm³/mol. The molecule has 1 N–H and O–H groups in total. The average molecular weight is 219 g/mol. The van der Waals surface area contributed by atoms with Crippen molar-refractivity contribution < 1.29 is 14.4 Å². The molecule has 0 saturated carbocycles. The van der Waals surface area contributed by atoms with E-state index in [-0.39, 0.29) is 6.42 Å². The SMILES string of the molecule is Cc1noc2c(CCCC(=O)O)cccc12. The summed E-state index contributed by atoms with van der Waals surface area (Å²) < 4.78 is 5.24. The molecule has 1 aromatic heterocycles. The van der Waals surface area contributed by atoms with Gasteiger partial charge in [-0.15, -0.1) is 0 Å². The van der Waals surface area contributed by atoms with Crippen molar-refractivity contribution in [2.45, 2.75) is 26.2 Å². The number of nitrogens with zero attached hydrogens (tertiary/aromatic N) is 1. The first kappa shape index (κ1) is 10.7. The number of aryl methyl sites for hydroxylation is 2. The van der Waals surface area contributed by atoms with Crippen LogP contribution in [0.4, 0.5) is 0 Å². The standard InChI is InChI=1S/C12H13NO3/c1-8-10-6-2-4-9(12(10)16-13-8)5-3-7-11(14)15/h2,4,6H,3,5,7H2,1H3,(H,14,15). The Morgan fingerprint density at radius 1 is 1.50 bits per heavy atom. The Morgan fingerprint density at radius 2 is 2.31 bits per heavy atom. The summed E-state index contributed by atoms with van der Waals surface area (Å²) in [5.41, 5.74) is 2.68. The van der Waals surface area contributed by atoms with E-state index in [2.05, 4.69) is 5.16 Å². The van der Waals surface area contributed by atoms with Gasteiger partial charge in [0, 0.05) is 11.8 Å². The van der Waals surface area contributed by atoms with Gasteiger partial charge in [0.2, 0.25) is 0 Å². The quantitative estimate of drug-likeness (QED) is 0.858. The summed E-state index contributed by atoms with van der Waals surface area (Å²) in [6.45, 7) is 1.90. The molecule has 0 amide bonds. The summed E-state index contributed by atoms with van der Waals surface area (Å²) in [7, 11) is 0. The van der Waals surface area contributed by atoms with Crippen LogP contribution in [0.2, 0.25) is 0 Å². The van der Waals surface area contributed by atoms with E-state index in [9.17, 15) is 4.79 Å². The van der Waals surface area contributed by atoms with Crippen LogP contribution >= 0.6 is 0 Å². The van der Waals surface area contributed by atoms with E-state index >= 15 is 0 Å². The van der Waals surface area contributed by atoms with Crippen molar-refractivity contribution in [1.82, 2.24) is 5.16 Å². The maximum absolute atomic E-state index is 10.4. The molecule has 84 valence electrons. The molecule has 16 heavy (non-hydrogen) atoms. The molecule has 2 aromatic rings. The Kier molecular flexibility index (Phi) is 2.90. The summed E-state index contributed by atoms with van der Waals surface area (Å²) in [6, 6.07) is 5.86. The van der Waals surface area contributed by atoms with E-state index < -0.39 is 5.97 Å². The number of para-hydroxylation sites is 1. The zero-order valence-electron chi connectivity index (χ0n) is 9.06. The summed E-state index contributed by atoms with van der Waals surface area (Å²) >= 11 is 0. The molecule has 0 unspecified atom stereocenters. The van der Waals surface area contributed by atoms with E-state index in [0.717, 1.165) is 22.2 Å². The second-order valence-electron chi connectivity index (χ2n) is 3.81.